The van der Waals surface area contributed by atoms with Crippen molar-refractivity contribution in [3.05, 3.63) is 42.1 Å². The first-order chi connectivity index (χ1) is 11.7. The molecule has 0 saturated carbocycles. The van der Waals surface area contributed by atoms with Crippen molar-refractivity contribution in [2.24, 2.45) is 5.92 Å². The number of amides is 1. The van der Waals surface area contributed by atoms with E-state index in [4.69, 9.17) is 9.26 Å². The summed E-state index contributed by atoms with van der Waals surface area (Å²) in [7, 11) is 2.11. The first-order valence-corrected chi connectivity index (χ1v) is 8.29. The van der Waals surface area contributed by atoms with Crippen LogP contribution in [0, 0.1) is 5.92 Å². The Bertz CT molecular complexity index is 715. The van der Waals surface area contributed by atoms with Crippen LogP contribution in [0.5, 0.6) is 0 Å². The number of carbonyl (C=O) groups excluding carboxylic acids is 1. The maximum Gasteiger partial charge on any atom is 0.259 e. The predicted octanol–water partition coefficient (Wildman–Crippen LogP) is 1.74. The van der Waals surface area contributed by atoms with Crippen LogP contribution in [0.2, 0.25) is 0 Å². The second kappa shape index (κ2) is 6.37. The van der Waals surface area contributed by atoms with E-state index in [2.05, 4.69) is 17.1 Å². The second-order valence-electron chi connectivity index (χ2n) is 6.67. The Balaban J connectivity index is 1.66. The molecule has 3 heterocycles. The van der Waals surface area contributed by atoms with E-state index in [-0.39, 0.29) is 11.9 Å². The van der Waals surface area contributed by atoms with Gasteiger partial charge >= 0.3 is 0 Å². The van der Waals surface area contributed by atoms with Gasteiger partial charge in [-0.3, -0.25) is 4.79 Å². The lowest BCUT2D eigenvalue weighted by atomic mass is 10.1. The number of fused-ring (bicyclic) bond motifs is 3. The van der Waals surface area contributed by atoms with Crippen molar-refractivity contribution in [3.63, 3.8) is 0 Å². The lowest BCUT2D eigenvalue weighted by Crippen LogP contribution is -2.46. The summed E-state index contributed by atoms with van der Waals surface area (Å²) >= 11 is 0. The molecule has 2 aliphatic heterocycles. The Morgan fingerprint density at radius 1 is 1.17 bits per heavy atom. The molecule has 6 nitrogen and oxygen atoms in total. The molecular weight excluding hydrogens is 306 g/mol. The van der Waals surface area contributed by atoms with E-state index in [1.807, 2.05) is 35.2 Å². The lowest BCUT2D eigenvalue weighted by molar-refractivity contribution is 0.0483. The molecule has 126 valence electrons. The predicted molar refractivity (Wildman–Crippen MR) is 88.6 cm³/mol. The molecule has 0 aliphatic carbocycles. The first-order valence-electron chi connectivity index (χ1n) is 8.29. The highest BCUT2D eigenvalue weighted by Crippen LogP contribution is 2.27. The van der Waals surface area contributed by atoms with Crippen molar-refractivity contribution in [2.75, 3.05) is 39.9 Å². The number of ether oxygens (including phenoxy) is 1. The van der Waals surface area contributed by atoms with Crippen LogP contribution in [0.15, 0.2) is 41.1 Å². The van der Waals surface area contributed by atoms with Crippen molar-refractivity contribution in [3.8, 4) is 11.3 Å². The lowest BCUT2D eigenvalue weighted by Gasteiger charge is -2.29. The molecule has 24 heavy (non-hydrogen) atoms. The largest absolute Gasteiger partial charge is 0.379 e. The van der Waals surface area contributed by atoms with E-state index in [1.165, 1.54) is 6.20 Å². The molecular formula is C18H21N3O3. The van der Waals surface area contributed by atoms with E-state index in [1.54, 1.807) is 0 Å². The fourth-order valence-corrected chi connectivity index (χ4v) is 3.67. The molecule has 2 saturated heterocycles. The molecule has 2 fully saturated rings. The van der Waals surface area contributed by atoms with Gasteiger partial charge in [0.15, 0.2) is 5.76 Å². The third kappa shape index (κ3) is 2.83. The summed E-state index contributed by atoms with van der Waals surface area (Å²) in [5.41, 5.74) is 1.39. The molecule has 6 heteroatoms. The van der Waals surface area contributed by atoms with Gasteiger partial charge in [0.25, 0.3) is 5.91 Å². The number of nitrogens with zero attached hydrogens (tertiary/aromatic N) is 3. The molecule has 0 spiro atoms. The van der Waals surface area contributed by atoms with E-state index in [0.717, 1.165) is 18.7 Å². The van der Waals surface area contributed by atoms with E-state index in [0.29, 0.717) is 37.0 Å². The Morgan fingerprint density at radius 2 is 2.00 bits per heavy atom. The summed E-state index contributed by atoms with van der Waals surface area (Å²) in [6.07, 6.45) is 1.53. The summed E-state index contributed by atoms with van der Waals surface area (Å²) < 4.78 is 11.2. The zero-order valence-corrected chi connectivity index (χ0v) is 13.7. The van der Waals surface area contributed by atoms with Gasteiger partial charge in [0.2, 0.25) is 0 Å². The normalized spacial score (nSPS) is 24.6. The Hall–Kier alpha value is -2.18. The van der Waals surface area contributed by atoms with Gasteiger partial charge in [-0.15, -0.1) is 0 Å². The average Bonchev–Trinajstić information content (AvgIpc) is 2.91. The highest BCUT2D eigenvalue weighted by Gasteiger charge is 2.36. The number of hydrogen-bond donors (Lipinski definition) is 0. The standard InChI is InChI=1S/C18H21N3O3/c1-20-8-13-9-21(15(10-20)12-23-11-13)18(22)16-7-19-24-17(16)14-5-3-2-4-6-14/h2-7,13,15H,8-12H2,1H3/t13-,15-/m0/s1. The first kappa shape index (κ1) is 15.4. The Kier molecular flexibility index (Phi) is 4.08. The third-order valence-electron chi connectivity index (χ3n) is 4.75. The van der Waals surface area contributed by atoms with Crippen LogP contribution in [0.4, 0.5) is 0 Å². The number of aromatic nitrogens is 1. The van der Waals surface area contributed by atoms with Crippen LogP contribution in [0.1, 0.15) is 10.4 Å². The Morgan fingerprint density at radius 3 is 2.83 bits per heavy atom. The summed E-state index contributed by atoms with van der Waals surface area (Å²) in [4.78, 5) is 17.4. The molecule has 4 rings (SSSR count). The van der Waals surface area contributed by atoms with Gasteiger partial charge in [-0.25, -0.2) is 0 Å². The zero-order chi connectivity index (χ0) is 16.5. The zero-order valence-electron chi connectivity index (χ0n) is 13.7. The van der Waals surface area contributed by atoms with Gasteiger partial charge in [-0.05, 0) is 7.05 Å². The molecule has 1 aromatic heterocycles. The average molecular weight is 327 g/mol. The molecule has 1 amide bonds. The molecule has 2 bridgehead atoms. The number of likely N-dealkylation sites (N-methyl/N-ethyl adjacent to an activating group) is 1. The van der Waals surface area contributed by atoms with E-state index < -0.39 is 0 Å². The minimum atomic E-state index is -0.0223. The highest BCUT2D eigenvalue weighted by atomic mass is 16.5. The minimum Gasteiger partial charge on any atom is -0.379 e. The van der Waals surface area contributed by atoms with Gasteiger partial charge in [-0.1, -0.05) is 35.5 Å². The fraction of sp³-hybridized carbons (Fsp3) is 0.444. The van der Waals surface area contributed by atoms with E-state index >= 15 is 0 Å². The maximum absolute atomic E-state index is 13.2. The van der Waals surface area contributed by atoms with Crippen molar-refractivity contribution >= 4 is 5.91 Å². The van der Waals surface area contributed by atoms with Crippen LogP contribution >= 0.6 is 0 Å². The van der Waals surface area contributed by atoms with Gasteiger partial charge in [0.1, 0.15) is 5.56 Å². The summed E-state index contributed by atoms with van der Waals surface area (Å²) in [6, 6.07) is 9.70. The Labute approximate surface area is 141 Å². The molecule has 2 aliphatic rings. The van der Waals surface area contributed by atoms with Crippen LogP contribution in [-0.4, -0.2) is 66.8 Å². The van der Waals surface area contributed by atoms with Gasteiger partial charge in [-0.2, -0.15) is 0 Å². The fourth-order valence-electron chi connectivity index (χ4n) is 3.67. The van der Waals surface area contributed by atoms with Gasteiger partial charge in [0.05, 0.1) is 25.5 Å². The molecule has 1 aromatic carbocycles. The van der Waals surface area contributed by atoms with Crippen molar-refractivity contribution < 1.29 is 14.1 Å². The monoisotopic (exact) mass is 327 g/mol. The SMILES string of the molecule is CN1C[C@@H]2COC[C@H](C1)N(C(=O)c1cnoc1-c1ccccc1)C2. The van der Waals surface area contributed by atoms with Gasteiger partial charge in [0, 0.05) is 31.1 Å². The minimum absolute atomic E-state index is 0.0223. The van der Waals surface area contributed by atoms with Gasteiger partial charge < -0.3 is 19.1 Å². The molecule has 0 unspecified atom stereocenters. The number of hydrogen-bond acceptors (Lipinski definition) is 5. The highest BCUT2D eigenvalue weighted by molar-refractivity contribution is 5.99. The molecule has 0 radical (unpaired) electrons. The third-order valence-corrected chi connectivity index (χ3v) is 4.75. The number of rotatable bonds is 2. The van der Waals surface area contributed by atoms with Crippen LogP contribution in [-0.2, 0) is 4.74 Å². The maximum atomic E-state index is 13.2. The molecule has 2 aromatic rings. The summed E-state index contributed by atoms with van der Waals surface area (Å²) in [6.45, 7) is 3.79. The topological polar surface area (TPSA) is 58.8 Å². The second-order valence-corrected chi connectivity index (χ2v) is 6.67. The van der Waals surface area contributed by atoms with Crippen molar-refractivity contribution in [1.82, 2.24) is 15.0 Å². The number of carbonyl (C=O) groups is 1. The summed E-state index contributed by atoms with van der Waals surface area (Å²) in [5.74, 6) is 0.853. The van der Waals surface area contributed by atoms with Crippen molar-refractivity contribution in [1.29, 1.82) is 0 Å². The van der Waals surface area contributed by atoms with Crippen molar-refractivity contribution in [2.45, 2.75) is 6.04 Å². The molecule has 2 atom stereocenters. The van der Waals surface area contributed by atoms with E-state index in [9.17, 15) is 4.79 Å². The molecule has 0 N–H and O–H groups in total. The van der Waals surface area contributed by atoms with Crippen LogP contribution < -0.4 is 0 Å². The van der Waals surface area contributed by atoms with Crippen LogP contribution in [0.3, 0.4) is 0 Å². The number of benzene rings is 1. The quantitative estimate of drug-likeness (QED) is 0.841. The smallest absolute Gasteiger partial charge is 0.259 e. The van der Waals surface area contributed by atoms with Crippen LogP contribution in [0.25, 0.3) is 11.3 Å². The summed E-state index contributed by atoms with van der Waals surface area (Å²) in [5, 5.41) is 3.87.